The van der Waals surface area contributed by atoms with E-state index in [1.165, 1.54) is 24.3 Å². The smallest absolute Gasteiger partial charge is 0.394 e. The Morgan fingerprint density at radius 2 is 1.65 bits per heavy atom. The molecular formula is C18H19F4NO3. The van der Waals surface area contributed by atoms with Gasteiger partial charge in [-0.1, -0.05) is 25.0 Å². The summed E-state index contributed by atoms with van der Waals surface area (Å²) in [5, 5.41) is 9.14. The molecule has 1 aromatic rings. The molecule has 0 unspecified atom stereocenters. The topological polar surface area (TPSA) is 57.6 Å². The molecule has 0 radical (unpaired) electrons. The molecule has 1 aliphatic heterocycles. The monoisotopic (exact) mass is 373 g/mol. The molecule has 2 atom stereocenters. The summed E-state index contributed by atoms with van der Waals surface area (Å²) in [5.41, 5.74) is -0.430. The highest BCUT2D eigenvalue weighted by atomic mass is 19.4. The largest absolute Gasteiger partial charge is 0.481 e. The van der Waals surface area contributed by atoms with Crippen molar-refractivity contribution in [2.75, 3.05) is 13.1 Å². The van der Waals surface area contributed by atoms with Crippen molar-refractivity contribution in [3.8, 4) is 0 Å². The van der Waals surface area contributed by atoms with E-state index in [9.17, 15) is 27.2 Å². The fourth-order valence-electron chi connectivity index (χ4n) is 4.23. The second-order valence-electron chi connectivity index (χ2n) is 7.10. The number of likely N-dealkylation sites (tertiary alicyclic amines) is 1. The predicted molar refractivity (Wildman–Crippen MR) is 83.8 cm³/mol. The molecule has 1 aliphatic carbocycles. The van der Waals surface area contributed by atoms with Gasteiger partial charge in [0.05, 0.1) is 17.3 Å². The van der Waals surface area contributed by atoms with Crippen LogP contribution in [0.1, 0.15) is 31.2 Å². The van der Waals surface area contributed by atoms with E-state index >= 15 is 0 Å². The third-order valence-electron chi connectivity index (χ3n) is 5.61. The Kier molecular flexibility index (Phi) is 4.71. The lowest BCUT2D eigenvalue weighted by Gasteiger charge is -2.33. The van der Waals surface area contributed by atoms with Crippen LogP contribution >= 0.6 is 0 Å². The fraction of sp³-hybridized carbons (Fsp3) is 0.556. The average molecular weight is 373 g/mol. The molecule has 1 heterocycles. The molecule has 2 aliphatic rings. The molecule has 2 fully saturated rings. The third-order valence-corrected chi connectivity index (χ3v) is 5.61. The number of aliphatic carboxylic acids is 1. The zero-order chi connectivity index (χ0) is 19.1. The lowest BCUT2D eigenvalue weighted by molar-refractivity contribution is -0.188. The molecule has 1 saturated carbocycles. The molecule has 1 N–H and O–H groups in total. The summed E-state index contributed by atoms with van der Waals surface area (Å²) >= 11 is 0. The lowest BCUT2D eigenvalue weighted by atomic mass is 9.77. The molecule has 0 spiro atoms. The van der Waals surface area contributed by atoms with Gasteiger partial charge in [0.2, 0.25) is 5.91 Å². The van der Waals surface area contributed by atoms with Crippen LogP contribution in [0.15, 0.2) is 24.3 Å². The van der Waals surface area contributed by atoms with E-state index in [-0.39, 0.29) is 0 Å². The van der Waals surface area contributed by atoms with Crippen molar-refractivity contribution in [2.45, 2.75) is 37.3 Å². The van der Waals surface area contributed by atoms with Crippen LogP contribution < -0.4 is 0 Å². The number of carboxylic acid groups (broad SMARTS) is 1. The molecule has 1 saturated heterocycles. The highest BCUT2D eigenvalue weighted by molar-refractivity contribution is 5.89. The number of carboxylic acids is 1. The maximum absolute atomic E-state index is 13.2. The van der Waals surface area contributed by atoms with E-state index in [2.05, 4.69) is 0 Å². The second kappa shape index (κ2) is 6.55. The van der Waals surface area contributed by atoms with Gasteiger partial charge in [-0.05, 0) is 30.5 Å². The van der Waals surface area contributed by atoms with Gasteiger partial charge < -0.3 is 10.0 Å². The maximum atomic E-state index is 13.2. The highest BCUT2D eigenvalue weighted by Crippen LogP contribution is 2.45. The summed E-state index contributed by atoms with van der Waals surface area (Å²) in [6, 6.07) is 5.44. The maximum Gasteiger partial charge on any atom is 0.394 e. The number of hydrogen-bond acceptors (Lipinski definition) is 2. The summed E-state index contributed by atoms with van der Waals surface area (Å²) in [6.07, 6.45) is -2.29. The van der Waals surface area contributed by atoms with E-state index in [0.29, 0.717) is 18.4 Å². The molecule has 4 nitrogen and oxygen atoms in total. The number of halogens is 4. The summed E-state index contributed by atoms with van der Waals surface area (Å²) < 4.78 is 52.9. The number of alkyl halides is 3. The van der Waals surface area contributed by atoms with E-state index in [4.69, 9.17) is 5.11 Å². The van der Waals surface area contributed by atoms with Gasteiger partial charge in [0.15, 0.2) is 0 Å². The molecule has 0 bridgehead atoms. The highest BCUT2D eigenvalue weighted by Gasteiger charge is 2.56. The van der Waals surface area contributed by atoms with Gasteiger partial charge in [-0.2, -0.15) is 13.2 Å². The molecule has 26 heavy (non-hydrogen) atoms. The van der Waals surface area contributed by atoms with Crippen LogP contribution in [0.2, 0.25) is 0 Å². The third kappa shape index (κ3) is 3.17. The number of carbonyl (C=O) groups excluding carboxylic acids is 1. The van der Waals surface area contributed by atoms with Crippen molar-refractivity contribution in [2.24, 2.45) is 11.8 Å². The number of benzene rings is 1. The van der Waals surface area contributed by atoms with Crippen LogP contribution in [-0.2, 0) is 15.0 Å². The molecular weight excluding hydrogens is 354 g/mol. The zero-order valence-corrected chi connectivity index (χ0v) is 13.9. The van der Waals surface area contributed by atoms with Gasteiger partial charge in [0, 0.05) is 13.1 Å². The Morgan fingerprint density at radius 1 is 1.08 bits per heavy atom. The first-order valence-electron chi connectivity index (χ1n) is 8.50. The predicted octanol–water partition coefficient (Wildman–Crippen LogP) is 3.36. The van der Waals surface area contributed by atoms with E-state index in [1.807, 2.05) is 0 Å². The molecule has 8 heteroatoms. The van der Waals surface area contributed by atoms with Crippen molar-refractivity contribution in [1.29, 1.82) is 0 Å². The van der Waals surface area contributed by atoms with Crippen molar-refractivity contribution < 1.29 is 32.3 Å². The number of rotatable bonds is 3. The Bertz CT molecular complexity index is 695. The van der Waals surface area contributed by atoms with Crippen LogP contribution in [-0.4, -0.2) is 41.1 Å². The van der Waals surface area contributed by atoms with Crippen molar-refractivity contribution in [3.05, 3.63) is 35.6 Å². The first-order chi connectivity index (χ1) is 12.1. The first kappa shape index (κ1) is 18.7. The standard InChI is InChI=1S/C18H19F4NO3/c19-12-5-3-11(4-6-12)17(7-1-2-8-17)16(26)23-9-13(15(24)25)14(10-23)18(20,21)22/h3-6,13-14H,1-2,7-10H2,(H,24,25)/t13-,14-/m1/s1. The summed E-state index contributed by atoms with van der Waals surface area (Å²) in [6.45, 7) is -1.11. The molecule has 1 amide bonds. The SMILES string of the molecule is O=C(O)[C@@H]1CN(C(=O)C2(c3ccc(F)cc3)CCCC2)C[C@H]1C(F)(F)F. The van der Waals surface area contributed by atoms with Crippen LogP contribution in [0, 0.1) is 17.7 Å². The lowest BCUT2D eigenvalue weighted by Crippen LogP contribution is -2.45. The molecule has 0 aromatic heterocycles. The van der Waals surface area contributed by atoms with Gasteiger partial charge in [-0.3, -0.25) is 9.59 Å². The summed E-state index contributed by atoms with van der Waals surface area (Å²) in [4.78, 5) is 25.5. The molecule has 142 valence electrons. The molecule has 3 rings (SSSR count). The van der Waals surface area contributed by atoms with Crippen LogP contribution in [0.4, 0.5) is 17.6 Å². The number of amides is 1. The summed E-state index contributed by atoms with van der Waals surface area (Å²) in [5.74, 6) is -6.23. The Morgan fingerprint density at radius 3 is 2.12 bits per heavy atom. The second-order valence-corrected chi connectivity index (χ2v) is 7.10. The van der Waals surface area contributed by atoms with Gasteiger partial charge >= 0.3 is 12.1 Å². The van der Waals surface area contributed by atoms with E-state index < -0.39 is 54.2 Å². The normalized spacial score (nSPS) is 25.5. The van der Waals surface area contributed by atoms with Crippen molar-refractivity contribution >= 4 is 11.9 Å². The summed E-state index contributed by atoms with van der Waals surface area (Å²) in [7, 11) is 0. The quantitative estimate of drug-likeness (QED) is 0.827. The first-order valence-corrected chi connectivity index (χ1v) is 8.50. The number of hydrogen-bond donors (Lipinski definition) is 1. The van der Waals surface area contributed by atoms with Crippen molar-refractivity contribution in [3.63, 3.8) is 0 Å². The minimum absolute atomic E-state index is 0.457. The van der Waals surface area contributed by atoms with Crippen molar-refractivity contribution in [1.82, 2.24) is 4.90 Å². The van der Waals surface area contributed by atoms with Gasteiger partial charge in [-0.15, -0.1) is 0 Å². The molecule has 1 aromatic carbocycles. The van der Waals surface area contributed by atoms with Crippen LogP contribution in [0.25, 0.3) is 0 Å². The van der Waals surface area contributed by atoms with E-state index in [1.54, 1.807) is 0 Å². The van der Waals surface area contributed by atoms with Gasteiger partial charge in [0.25, 0.3) is 0 Å². The Labute approximate surface area is 147 Å². The number of carbonyl (C=O) groups is 2. The van der Waals surface area contributed by atoms with E-state index in [0.717, 1.165) is 17.7 Å². The Balaban J connectivity index is 1.91. The minimum Gasteiger partial charge on any atom is -0.481 e. The Hall–Kier alpha value is -2.12. The fourth-order valence-corrected chi connectivity index (χ4v) is 4.23. The van der Waals surface area contributed by atoms with Crippen LogP contribution in [0.5, 0.6) is 0 Å². The zero-order valence-electron chi connectivity index (χ0n) is 13.9. The van der Waals surface area contributed by atoms with Crippen LogP contribution in [0.3, 0.4) is 0 Å². The average Bonchev–Trinajstić information content (AvgIpc) is 3.22. The van der Waals surface area contributed by atoms with Gasteiger partial charge in [-0.25, -0.2) is 4.39 Å². The minimum atomic E-state index is -4.68. The number of nitrogens with zero attached hydrogens (tertiary/aromatic N) is 1. The van der Waals surface area contributed by atoms with Gasteiger partial charge in [0.1, 0.15) is 5.82 Å².